The summed E-state index contributed by atoms with van der Waals surface area (Å²) in [6.07, 6.45) is 1.07. The average Bonchev–Trinajstić information content (AvgIpc) is 2.95. The maximum atomic E-state index is 12.1. The fraction of sp³-hybridized carbons (Fsp3) is 0.385. The minimum atomic E-state index is -3.37. The number of carboxylic acids is 1. The lowest BCUT2D eigenvalue weighted by molar-refractivity contribution is -0.139. The van der Waals surface area contributed by atoms with Crippen LogP contribution in [-0.4, -0.2) is 60.7 Å². The van der Waals surface area contributed by atoms with Gasteiger partial charge in [0, 0.05) is 13.1 Å². The van der Waals surface area contributed by atoms with Gasteiger partial charge < -0.3 is 15.3 Å². The van der Waals surface area contributed by atoms with Crippen LogP contribution in [0.25, 0.3) is 0 Å². The number of amides is 2. The first kappa shape index (κ1) is 16.2. The highest BCUT2D eigenvalue weighted by molar-refractivity contribution is 7.88. The number of carbonyl (C=O) groups is 2. The third-order valence-corrected chi connectivity index (χ3v) is 4.59. The smallest absolute Gasteiger partial charge is 0.330 e. The normalized spacial score (nSPS) is 17.2. The SMILES string of the molecule is CS(=O)(=O)N1CCN(C(=O)N[C@@H](C(=O)O)c2ccccc2)C1. The lowest BCUT2D eigenvalue weighted by Gasteiger charge is -2.21. The first-order valence-electron chi connectivity index (χ1n) is 6.57. The fourth-order valence-electron chi connectivity index (χ4n) is 2.15. The van der Waals surface area contributed by atoms with E-state index in [4.69, 9.17) is 0 Å². The van der Waals surface area contributed by atoms with Crippen molar-refractivity contribution in [2.24, 2.45) is 0 Å². The van der Waals surface area contributed by atoms with Gasteiger partial charge in [-0.15, -0.1) is 0 Å². The van der Waals surface area contributed by atoms with Crippen LogP contribution in [0.1, 0.15) is 11.6 Å². The van der Waals surface area contributed by atoms with Crippen LogP contribution in [0, 0.1) is 0 Å². The number of sulfonamides is 1. The van der Waals surface area contributed by atoms with Gasteiger partial charge in [-0.1, -0.05) is 30.3 Å². The summed E-state index contributed by atoms with van der Waals surface area (Å²) < 4.78 is 24.0. The Morgan fingerprint density at radius 3 is 2.36 bits per heavy atom. The van der Waals surface area contributed by atoms with Gasteiger partial charge in [0.15, 0.2) is 6.04 Å². The van der Waals surface area contributed by atoms with Crippen molar-refractivity contribution in [3.63, 3.8) is 0 Å². The van der Waals surface area contributed by atoms with Crippen molar-refractivity contribution in [1.82, 2.24) is 14.5 Å². The molecule has 2 amide bonds. The molecule has 0 bridgehead atoms. The summed E-state index contributed by atoms with van der Waals surface area (Å²) in [7, 11) is -3.37. The lowest BCUT2D eigenvalue weighted by atomic mass is 10.1. The average molecular weight is 327 g/mol. The summed E-state index contributed by atoms with van der Waals surface area (Å²) >= 11 is 0. The number of nitrogens with zero attached hydrogens (tertiary/aromatic N) is 2. The highest BCUT2D eigenvalue weighted by atomic mass is 32.2. The first-order chi connectivity index (χ1) is 10.3. The van der Waals surface area contributed by atoms with Crippen LogP contribution in [0.2, 0.25) is 0 Å². The largest absolute Gasteiger partial charge is 0.479 e. The zero-order valence-electron chi connectivity index (χ0n) is 12.0. The zero-order valence-corrected chi connectivity index (χ0v) is 12.8. The Bertz CT molecular complexity index is 662. The molecule has 0 aliphatic carbocycles. The van der Waals surface area contributed by atoms with E-state index in [1.54, 1.807) is 30.3 Å². The van der Waals surface area contributed by atoms with Gasteiger partial charge in [-0.25, -0.2) is 18.0 Å². The van der Waals surface area contributed by atoms with Gasteiger partial charge in [-0.2, -0.15) is 4.31 Å². The van der Waals surface area contributed by atoms with Gasteiger partial charge >= 0.3 is 12.0 Å². The molecule has 1 aliphatic rings. The monoisotopic (exact) mass is 327 g/mol. The maximum Gasteiger partial charge on any atom is 0.330 e. The molecule has 1 atom stereocenters. The number of rotatable bonds is 4. The number of hydrogen-bond acceptors (Lipinski definition) is 4. The molecule has 0 aromatic heterocycles. The van der Waals surface area contributed by atoms with E-state index in [9.17, 15) is 23.1 Å². The van der Waals surface area contributed by atoms with E-state index in [1.165, 1.54) is 4.90 Å². The quantitative estimate of drug-likeness (QED) is 0.813. The van der Waals surface area contributed by atoms with Gasteiger partial charge in [-0.3, -0.25) is 0 Å². The molecule has 0 spiro atoms. The number of urea groups is 1. The Kier molecular flexibility index (Phi) is 4.67. The van der Waals surface area contributed by atoms with Crippen molar-refractivity contribution in [3.05, 3.63) is 35.9 Å². The summed E-state index contributed by atoms with van der Waals surface area (Å²) in [6.45, 7) is 0.348. The van der Waals surface area contributed by atoms with Crippen LogP contribution < -0.4 is 5.32 Å². The molecule has 2 N–H and O–H groups in total. The number of carbonyl (C=O) groups excluding carboxylic acids is 1. The van der Waals surface area contributed by atoms with Gasteiger partial charge in [0.1, 0.15) is 0 Å². The maximum absolute atomic E-state index is 12.1. The van der Waals surface area contributed by atoms with Gasteiger partial charge in [-0.05, 0) is 5.56 Å². The summed E-state index contributed by atoms with van der Waals surface area (Å²) in [5, 5.41) is 11.7. The third kappa shape index (κ3) is 3.74. The minimum absolute atomic E-state index is 0.0776. The molecular weight excluding hydrogens is 310 g/mol. The number of hydrogen-bond donors (Lipinski definition) is 2. The molecule has 1 aromatic rings. The highest BCUT2D eigenvalue weighted by Gasteiger charge is 2.32. The number of benzene rings is 1. The second kappa shape index (κ2) is 6.32. The van der Waals surface area contributed by atoms with Crippen molar-refractivity contribution in [1.29, 1.82) is 0 Å². The fourth-order valence-corrected chi connectivity index (χ4v) is 2.91. The van der Waals surface area contributed by atoms with Crippen LogP contribution >= 0.6 is 0 Å². The Hall–Kier alpha value is -2.13. The van der Waals surface area contributed by atoms with Crippen LogP contribution in [-0.2, 0) is 14.8 Å². The molecule has 9 heteroatoms. The van der Waals surface area contributed by atoms with Crippen molar-refractivity contribution in [3.8, 4) is 0 Å². The van der Waals surface area contributed by atoms with Crippen LogP contribution in [0.3, 0.4) is 0 Å². The number of nitrogens with one attached hydrogen (secondary N) is 1. The molecule has 0 saturated carbocycles. The summed E-state index contributed by atoms with van der Waals surface area (Å²) in [6, 6.07) is 6.52. The van der Waals surface area contributed by atoms with E-state index in [0.29, 0.717) is 5.56 Å². The molecule has 2 rings (SSSR count). The van der Waals surface area contributed by atoms with E-state index >= 15 is 0 Å². The summed E-state index contributed by atoms with van der Waals surface area (Å²) in [5.74, 6) is -1.18. The summed E-state index contributed by atoms with van der Waals surface area (Å²) in [5.41, 5.74) is 0.447. The lowest BCUT2D eigenvalue weighted by Crippen LogP contribution is -2.43. The van der Waals surface area contributed by atoms with Gasteiger partial charge in [0.2, 0.25) is 10.0 Å². The minimum Gasteiger partial charge on any atom is -0.479 e. The van der Waals surface area contributed by atoms with E-state index in [-0.39, 0.29) is 19.8 Å². The van der Waals surface area contributed by atoms with E-state index < -0.39 is 28.1 Å². The Balaban J connectivity index is 2.06. The van der Waals surface area contributed by atoms with Crippen molar-refractivity contribution >= 4 is 22.0 Å². The van der Waals surface area contributed by atoms with Crippen LogP contribution in [0.5, 0.6) is 0 Å². The Morgan fingerprint density at radius 2 is 1.86 bits per heavy atom. The third-order valence-electron chi connectivity index (χ3n) is 3.35. The van der Waals surface area contributed by atoms with Gasteiger partial charge in [0.05, 0.1) is 12.9 Å². The highest BCUT2D eigenvalue weighted by Crippen LogP contribution is 2.15. The number of carboxylic acid groups (broad SMARTS) is 1. The second-order valence-electron chi connectivity index (χ2n) is 4.97. The molecule has 120 valence electrons. The molecular formula is C13H17N3O5S. The molecule has 1 aliphatic heterocycles. The molecule has 0 unspecified atom stereocenters. The second-order valence-corrected chi connectivity index (χ2v) is 6.96. The predicted octanol–water partition coefficient (Wildman–Crippen LogP) is 0.0566. The van der Waals surface area contributed by atoms with E-state index in [0.717, 1.165) is 10.6 Å². The molecule has 1 aromatic carbocycles. The van der Waals surface area contributed by atoms with Crippen LogP contribution in [0.4, 0.5) is 4.79 Å². The molecule has 1 heterocycles. The van der Waals surface area contributed by atoms with Crippen molar-refractivity contribution < 1.29 is 23.1 Å². The van der Waals surface area contributed by atoms with Gasteiger partial charge in [0.25, 0.3) is 0 Å². The van der Waals surface area contributed by atoms with Crippen molar-refractivity contribution in [2.45, 2.75) is 6.04 Å². The zero-order chi connectivity index (χ0) is 16.3. The summed E-state index contributed by atoms with van der Waals surface area (Å²) in [4.78, 5) is 24.7. The molecule has 1 saturated heterocycles. The topological polar surface area (TPSA) is 107 Å². The van der Waals surface area contributed by atoms with E-state index in [2.05, 4.69) is 5.32 Å². The molecule has 0 radical (unpaired) electrons. The Morgan fingerprint density at radius 1 is 1.23 bits per heavy atom. The Labute approximate surface area is 128 Å². The predicted molar refractivity (Wildman–Crippen MR) is 78.5 cm³/mol. The van der Waals surface area contributed by atoms with Crippen LogP contribution in [0.15, 0.2) is 30.3 Å². The van der Waals surface area contributed by atoms with E-state index in [1.807, 2.05) is 0 Å². The van der Waals surface area contributed by atoms with Crippen molar-refractivity contribution in [2.75, 3.05) is 26.0 Å². The first-order valence-corrected chi connectivity index (χ1v) is 8.42. The molecule has 8 nitrogen and oxygen atoms in total. The molecule has 1 fully saturated rings. The number of aliphatic carboxylic acids is 1. The standard InChI is InChI=1S/C13H17N3O5S/c1-22(20,21)16-8-7-15(9-16)13(19)14-11(12(17)18)10-5-3-2-4-6-10/h2-6,11H,7-9H2,1H3,(H,14,19)(H,17,18)/t11-/m1/s1. The molecule has 22 heavy (non-hydrogen) atoms.